The Morgan fingerprint density at radius 3 is 2.05 bits per heavy atom. The summed E-state index contributed by atoms with van der Waals surface area (Å²) in [5, 5.41) is 15.8. The van der Waals surface area contributed by atoms with E-state index in [0.717, 1.165) is 21.2 Å². The lowest BCUT2D eigenvalue weighted by Crippen LogP contribution is -2.51. The second kappa shape index (κ2) is 9.90. The number of hydrogen-bond donors (Lipinski definition) is 2. The van der Waals surface area contributed by atoms with Crippen molar-refractivity contribution in [3.63, 3.8) is 0 Å². The van der Waals surface area contributed by atoms with Crippen LogP contribution in [0.1, 0.15) is 58.2 Å². The number of phenolic OH excluding ortho intramolecular Hbond substituents is 1. The van der Waals surface area contributed by atoms with Gasteiger partial charge in [-0.3, -0.25) is 19.3 Å². The molecule has 0 fully saturated rings. The van der Waals surface area contributed by atoms with E-state index in [-0.39, 0.29) is 11.7 Å². The fourth-order valence-electron chi connectivity index (χ4n) is 5.06. The molecule has 0 spiro atoms. The van der Waals surface area contributed by atoms with Crippen LogP contribution in [0.25, 0.3) is 10.8 Å². The summed E-state index contributed by atoms with van der Waals surface area (Å²) in [6.07, 6.45) is 0.306. The highest BCUT2D eigenvalue weighted by atomic mass is 16.3. The number of nitrogens with zero attached hydrogens (tertiary/aromatic N) is 1. The summed E-state index contributed by atoms with van der Waals surface area (Å²) in [7, 11) is 0. The molecule has 6 heteroatoms. The molecule has 0 radical (unpaired) electrons. The van der Waals surface area contributed by atoms with E-state index in [2.05, 4.69) is 5.32 Å². The summed E-state index contributed by atoms with van der Waals surface area (Å²) in [5.41, 5.74) is 1.94. The van der Waals surface area contributed by atoms with Gasteiger partial charge in [0, 0.05) is 5.56 Å². The Kier molecular flexibility index (Phi) is 6.49. The van der Waals surface area contributed by atoms with Gasteiger partial charge in [0.15, 0.2) is 0 Å². The van der Waals surface area contributed by atoms with E-state index in [1.165, 1.54) is 0 Å². The Labute approximate surface area is 215 Å². The summed E-state index contributed by atoms with van der Waals surface area (Å²) in [4.78, 5) is 41.6. The molecule has 1 heterocycles. The molecule has 0 bridgehead atoms. The van der Waals surface area contributed by atoms with Crippen LogP contribution < -0.4 is 5.32 Å². The number of carbonyl (C=O) groups is 3. The normalized spacial score (nSPS) is 14.6. The van der Waals surface area contributed by atoms with Gasteiger partial charge in [0.25, 0.3) is 11.8 Å². The first kappa shape index (κ1) is 24.3. The molecule has 0 saturated heterocycles. The fraction of sp³-hybridized carbons (Fsp3) is 0.194. The van der Waals surface area contributed by atoms with Crippen molar-refractivity contribution < 1.29 is 19.5 Å². The molecule has 2 unspecified atom stereocenters. The molecule has 0 aromatic heterocycles. The number of carbonyl (C=O) groups excluding carboxylic acids is 3. The van der Waals surface area contributed by atoms with E-state index >= 15 is 0 Å². The van der Waals surface area contributed by atoms with Crippen molar-refractivity contribution in [3.8, 4) is 5.75 Å². The van der Waals surface area contributed by atoms with Gasteiger partial charge >= 0.3 is 0 Å². The van der Waals surface area contributed by atoms with Gasteiger partial charge < -0.3 is 10.4 Å². The van der Waals surface area contributed by atoms with Gasteiger partial charge in [-0.2, -0.15) is 0 Å². The van der Waals surface area contributed by atoms with E-state index in [0.29, 0.717) is 23.1 Å². The highest BCUT2D eigenvalue weighted by Crippen LogP contribution is 2.36. The lowest BCUT2D eigenvalue weighted by molar-refractivity contribution is -0.126. The average molecular weight is 493 g/mol. The SMILES string of the molecule is CC(C)CC(C(=O)NC(c1ccccc1)c1c(O)ccc2ccccc12)N1C(=O)c2ccccc2C1=O. The molecule has 1 aliphatic rings. The Hall–Kier alpha value is -4.45. The van der Waals surface area contributed by atoms with Crippen molar-refractivity contribution >= 4 is 28.5 Å². The van der Waals surface area contributed by atoms with Crippen LogP contribution in [0.2, 0.25) is 0 Å². The molecule has 2 atom stereocenters. The minimum absolute atomic E-state index is 0.0428. The quantitative estimate of drug-likeness (QED) is 0.335. The van der Waals surface area contributed by atoms with Crippen molar-refractivity contribution in [1.29, 1.82) is 0 Å². The third kappa shape index (κ3) is 4.47. The second-order valence-corrected chi connectivity index (χ2v) is 9.74. The van der Waals surface area contributed by atoms with Crippen LogP contribution in [0, 0.1) is 5.92 Å². The topological polar surface area (TPSA) is 86.7 Å². The Balaban J connectivity index is 1.58. The molecule has 6 nitrogen and oxygen atoms in total. The number of benzene rings is 4. The van der Waals surface area contributed by atoms with Crippen molar-refractivity contribution in [2.45, 2.75) is 32.4 Å². The average Bonchev–Trinajstić information content (AvgIpc) is 3.16. The van der Waals surface area contributed by atoms with Crippen LogP contribution in [0.15, 0.2) is 91.0 Å². The van der Waals surface area contributed by atoms with E-state index in [1.54, 1.807) is 30.3 Å². The molecule has 3 amide bonds. The van der Waals surface area contributed by atoms with Crippen molar-refractivity contribution in [2.24, 2.45) is 5.92 Å². The smallest absolute Gasteiger partial charge is 0.262 e. The number of imide groups is 1. The van der Waals surface area contributed by atoms with Crippen molar-refractivity contribution in [3.05, 3.63) is 113 Å². The number of aromatic hydroxyl groups is 1. The van der Waals surface area contributed by atoms with Crippen molar-refractivity contribution in [1.82, 2.24) is 10.2 Å². The number of phenols is 1. The van der Waals surface area contributed by atoms with Crippen LogP contribution in [0.5, 0.6) is 5.75 Å². The first-order valence-electron chi connectivity index (χ1n) is 12.4. The largest absolute Gasteiger partial charge is 0.508 e. The Morgan fingerprint density at radius 2 is 1.41 bits per heavy atom. The van der Waals surface area contributed by atoms with Crippen molar-refractivity contribution in [2.75, 3.05) is 0 Å². The van der Waals surface area contributed by atoms with Gasteiger partial charge in [0.2, 0.25) is 5.91 Å². The van der Waals surface area contributed by atoms with E-state index in [4.69, 9.17) is 0 Å². The standard InChI is InChI=1S/C31H28N2O4/c1-19(2)18-25(33-30(36)23-14-8-9-15-24(23)31(33)37)29(35)32-28(21-11-4-3-5-12-21)27-22-13-7-6-10-20(22)16-17-26(27)34/h3-17,19,25,28,34H,18H2,1-2H3,(H,32,35). The number of fused-ring (bicyclic) bond motifs is 2. The van der Waals surface area contributed by atoms with Gasteiger partial charge in [-0.25, -0.2) is 0 Å². The number of rotatable bonds is 7. The van der Waals surface area contributed by atoms with E-state index < -0.39 is 29.8 Å². The fourth-order valence-corrected chi connectivity index (χ4v) is 5.06. The van der Waals surface area contributed by atoms with Gasteiger partial charge in [-0.15, -0.1) is 0 Å². The summed E-state index contributed by atoms with van der Waals surface area (Å²) < 4.78 is 0. The minimum atomic E-state index is -1.00. The monoisotopic (exact) mass is 492 g/mol. The maximum absolute atomic E-state index is 14.0. The third-order valence-corrected chi connectivity index (χ3v) is 6.79. The minimum Gasteiger partial charge on any atom is -0.508 e. The molecular weight excluding hydrogens is 464 g/mol. The summed E-state index contributed by atoms with van der Waals surface area (Å²) in [5.74, 6) is -1.30. The lowest BCUT2D eigenvalue weighted by atomic mass is 9.92. The Morgan fingerprint density at radius 1 is 0.811 bits per heavy atom. The summed E-state index contributed by atoms with van der Waals surface area (Å²) >= 11 is 0. The molecule has 5 rings (SSSR count). The molecule has 0 aliphatic carbocycles. The van der Waals surface area contributed by atoms with Crippen LogP contribution in [0.3, 0.4) is 0 Å². The maximum atomic E-state index is 14.0. The number of hydrogen-bond acceptors (Lipinski definition) is 4. The maximum Gasteiger partial charge on any atom is 0.262 e. The molecule has 2 N–H and O–H groups in total. The molecule has 4 aromatic rings. The van der Waals surface area contributed by atoms with Crippen LogP contribution in [-0.2, 0) is 4.79 Å². The first-order valence-corrected chi connectivity index (χ1v) is 12.4. The highest BCUT2D eigenvalue weighted by Gasteiger charge is 2.43. The number of nitrogens with one attached hydrogen (secondary N) is 1. The second-order valence-electron chi connectivity index (χ2n) is 9.74. The lowest BCUT2D eigenvalue weighted by Gasteiger charge is -2.30. The zero-order valence-corrected chi connectivity index (χ0v) is 20.7. The van der Waals surface area contributed by atoms with Gasteiger partial charge in [-0.1, -0.05) is 86.6 Å². The number of amides is 3. The predicted molar refractivity (Wildman–Crippen MR) is 142 cm³/mol. The van der Waals surface area contributed by atoms with E-state index in [1.807, 2.05) is 74.5 Å². The van der Waals surface area contributed by atoms with E-state index in [9.17, 15) is 19.5 Å². The zero-order valence-electron chi connectivity index (χ0n) is 20.7. The first-order chi connectivity index (χ1) is 17.9. The Bertz CT molecular complexity index is 1460. The van der Waals surface area contributed by atoms with Crippen LogP contribution in [0.4, 0.5) is 0 Å². The molecule has 0 saturated carbocycles. The van der Waals surface area contributed by atoms with Gasteiger partial charge in [-0.05, 0) is 46.9 Å². The van der Waals surface area contributed by atoms with Gasteiger partial charge in [0.05, 0.1) is 17.2 Å². The van der Waals surface area contributed by atoms with Crippen LogP contribution >= 0.6 is 0 Å². The van der Waals surface area contributed by atoms with Gasteiger partial charge in [0.1, 0.15) is 11.8 Å². The highest BCUT2D eigenvalue weighted by molar-refractivity contribution is 6.22. The molecule has 4 aromatic carbocycles. The molecule has 186 valence electrons. The molecule has 1 aliphatic heterocycles. The zero-order chi connectivity index (χ0) is 26.1. The molecule has 37 heavy (non-hydrogen) atoms. The predicted octanol–water partition coefficient (Wildman–Crippen LogP) is 5.46. The third-order valence-electron chi connectivity index (χ3n) is 6.79. The summed E-state index contributed by atoms with van der Waals surface area (Å²) in [6.45, 7) is 3.90. The summed E-state index contributed by atoms with van der Waals surface area (Å²) in [6, 6.07) is 25.4. The molecular formula is C31H28N2O4. The van der Waals surface area contributed by atoms with Crippen LogP contribution in [-0.4, -0.2) is 33.8 Å².